The summed E-state index contributed by atoms with van der Waals surface area (Å²) in [6.07, 6.45) is 5.35. The number of nitrogens with zero attached hydrogens (tertiary/aromatic N) is 5. The fourth-order valence-corrected chi connectivity index (χ4v) is 4.69. The molecule has 0 spiro atoms. The van der Waals surface area contributed by atoms with Crippen molar-refractivity contribution in [1.29, 1.82) is 0 Å². The van der Waals surface area contributed by atoms with Gasteiger partial charge in [0, 0.05) is 30.3 Å². The summed E-state index contributed by atoms with van der Waals surface area (Å²) in [4.78, 5) is 24.1. The molecule has 1 amide bonds. The van der Waals surface area contributed by atoms with Crippen molar-refractivity contribution >= 4 is 38.7 Å². The molecule has 34 heavy (non-hydrogen) atoms. The Hall–Kier alpha value is -3.26. The number of carbonyl (C=O) groups excluding carboxylic acids is 1. The average Bonchev–Trinajstić information content (AvgIpc) is 3.29. The zero-order valence-corrected chi connectivity index (χ0v) is 20.9. The Balaban J connectivity index is 1.31. The number of anilines is 1. The fraction of sp³-hybridized carbons (Fsp3) is 0.308. The first kappa shape index (κ1) is 22.5. The van der Waals surface area contributed by atoms with Gasteiger partial charge < -0.3 is 10.2 Å². The largest absolute Gasteiger partial charge is 0.355 e. The van der Waals surface area contributed by atoms with Gasteiger partial charge in [-0.15, -0.1) is 5.10 Å². The van der Waals surface area contributed by atoms with Crippen LogP contribution in [-0.4, -0.2) is 38.7 Å². The first-order valence-corrected chi connectivity index (χ1v) is 12.3. The molecule has 0 aliphatic carbocycles. The predicted octanol–water partition coefficient (Wildman–Crippen LogP) is 4.73. The molecular formula is C26H27BrN6O. The van der Waals surface area contributed by atoms with Crippen molar-refractivity contribution in [1.82, 2.24) is 25.1 Å². The number of amides is 1. The van der Waals surface area contributed by atoms with Crippen LogP contribution in [0.4, 0.5) is 5.82 Å². The Morgan fingerprint density at radius 1 is 1.15 bits per heavy atom. The molecule has 7 nitrogen and oxygen atoms in total. The molecule has 1 saturated heterocycles. The lowest BCUT2D eigenvalue weighted by Gasteiger charge is -2.33. The molecular weight excluding hydrogens is 492 g/mol. The highest BCUT2D eigenvalue weighted by molar-refractivity contribution is 9.10. The van der Waals surface area contributed by atoms with Crippen LogP contribution in [0.3, 0.4) is 0 Å². The van der Waals surface area contributed by atoms with Crippen LogP contribution < -0.4 is 10.2 Å². The van der Waals surface area contributed by atoms with Crippen molar-refractivity contribution in [2.75, 3.05) is 18.0 Å². The van der Waals surface area contributed by atoms with E-state index in [0.717, 1.165) is 51.9 Å². The number of rotatable bonds is 5. The Kier molecular flexibility index (Phi) is 6.32. The average molecular weight is 519 g/mol. The van der Waals surface area contributed by atoms with E-state index in [1.807, 2.05) is 35.1 Å². The topological polar surface area (TPSA) is 75.9 Å². The van der Waals surface area contributed by atoms with Gasteiger partial charge in [0.1, 0.15) is 12.1 Å². The molecule has 1 unspecified atom stereocenters. The maximum absolute atomic E-state index is 13.0. The number of halogens is 1. The monoisotopic (exact) mass is 518 g/mol. The first-order valence-electron chi connectivity index (χ1n) is 11.5. The minimum Gasteiger partial charge on any atom is -0.355 e. The van der Waals surface area contributed by atoms with E-state index < -0.39 is 0 Å². The van der Waals surface area contributed by atoms with E-state index in [1.165, 1.54) is 5.56 Å². The number of hydrogen-bond acceptors (Lipinski definition) is 5. The van der Waals surface area contributed by atoms with Crippen LogP contribution >= 0.6 is 15.9 Å². The second kappa shape index (κ2) is 9.54. The number of aromatic nitrogens is 4. The summed E-state index contributed by atoms with van der Waals surface area (Å²) in [5, 5.41) is 8.68. The van der Waals surface area contributed by atoms with E-state index in [9.17, 15) is 4.79 Å². The Labute approximate surface area is 207 Å². The van der Waals surface area contributed by atoms with Gasteiger partial charge in [-0.3, -0.25) is 4.79 Å². The number of nitrogens with one attached hydrogen (secondary N) is 1. The lowest BCUT2D eigenvalue weighted by Crippen LogP contribution is -2.43. The van der Waals surface area contributed by atoms with E-state index in [1.54, 1.807) is 6.33 Å². The summed E-state index contributed by atoms with van der Waals surface area (Å²) < 4.78 is 2.92. The summed E-state index contributed by atoms with van der Waals surface area (Å²) in [7, 11) is 0. The minimum absolute atomic E-state index is 0.0811. The molecule has 1 N–H and O–H groups in total. The smallest absolute Gasteiger partial charge is 0.225 e. The number of carbonyl (C=O) groups is 1. The normalized spacial score (nSPS) is 16.1. The van der Waals surface area contributed by atoms with Gasteiger partial charge in [0.2, 0.25) is 5.91 Å². The van der Waals surface area contributed by atoms with Crippen molar-refractivity contribution in [3.8, 4) is 5.69 Å². The third-order valence-electron chi connectivity index (χ3n) is 6.38. The highest BCUT2D eigenvalue weighted by Gasteiger charge is 2.28. The SMILES string of the molecule is Cc1ccc(-n2cc3c(N4CCCC(C(=O)NCc5ccc(Br)c(C)c5)C4)ncnc3n2)cc1. The maximum atomic E-state index is 13.0. The minimum atomic E-state index is -0.0811. The Morgan fingerprint density at radius 3 is 2.76 bits per heavy atom. The molecule has 0 radical (unpaired) electrons. The molecule has 2 aromatic heterocycles. The molecule has 8 heteroatoms. The van der Waals surface area contributed by atoms with Gasteiger partial charge >= 0.3 is 0 Å². The zero-order chi connectivity index (χ0) is 23.7. The molecule has 174 valence electrons. The van der Waals surface area contributed by atoms with Gasteiger partial charge in [-0.2, -0.15) is 0 Å². The third-order valence-corrected chi connectivity index (χ3v) is 7.26. The molecule has 2 aromatic carbocycles. The number of hydrogen-bond donors (Lipinski definition) is 1. The molecule has 1 fully saturated rings. The highest BCUT2D eigenvalue weighted by atomic mass is 79.9. The van der Waals surface area contributed by atoms with Gasteiger partial charge in [-0.1, -0.05) is 45.8 Å². The zero-order valence-electron chi connectivity index (χ0n) is 19.3. The summed E-state index contributed by atoms with van der Waals surface area (Å²) >= 11 is 3.53. The van der Waals surface area contributed by atoms with Gasteiger partial charge in [-0.05, 0) is 56.0 Å². The highest BCUT2D eigenvalue weighted by Crippen LogP contribution is 2.28. The van der Waals surface area contributed by atoms with Crippen LogP contribution in [0.2, 0.25) is 0 Å². The third kappa shape index (κ3) is 4.68. The summed E-state index contributed by atoms with van der Waals surface area (Å²) in [5.41, 5.74) is 5.10. The van der Waals surface area contributed by atoms with Gasteiger partial charge in [0.15, 0.2) is 5.65 Å². The molecule has 0 saturated carbocycles. The second-order valence-corrected chi connectivity index (χ2v) is 9.78. The first-order chi connectivity index (χ1) is 16.5. The van der Waals surface area contributed by atoms with Crippen molar-refractivity contribution in [3.63, 3.8) is 0 Å². The lowest BCUT2D eigenvalue weighted by atomic mass is 9.97. The van der Waals surface area contributed by atoms with E-state index in [4.69, 9.17) is 0 Å². The van der Waals surface area contributed by atoms with Crippen LogP contribution in [0.1, 0.15) is 29.5 Å². The van der Waals surface area contributed by atoms with E-state index in [0.29, 0.717) is 18.7 Å². The van der Waals surface area contributed by atoms with E-state index in [2.05, 4.69) is 73.3 Å². The predicted molar refractivity (Wildman–Crippen MR) is 137 cm³/mol. The van der Waals surface area contributed by atoms with E-state index in [-0.39, 0.29) is 11.8 Å². The van der Waals surface area contributed by atoms with Crippen LogP contribution in [0.15, 0.2) is 59.5 Å². The Morgan fingerprint density at radius 2 is 1.97 bits per heavy atom. The number of aryl methyl sites for hydroxylation is 2. The number of piperidine rings is 1. The number of benzene rings is 2. The molecule has 3 heterocycles. The molecule has 1 aliphatic heterocycles. The van der Waals surface area contributed by atoms with E-state index >= 15 is 0 Å². The van der Waals surface area contributed by atoms with Crippen molar-refractivity contribution in [3.05, 3.63) is 76.2 Å². The van der Waals surface area contributed by atoms with Crippen LogP contribution in [0.25, 0.3) is 16.7 Å². The van der Waals surface area contributed by atoms with Crippen molar-refractivity contribution < 1.29 is 4.79 Å². The van der Waals surface area contributed by atoms with Gasteiger partial charge in [0.05, 0.1) is 17.0 Å². The lowest BCUT2D eigenvalue weighted by molar-refractivity contribution is -0.125. The molecule has 0 bridgehead atoms. The fourth-order valence-electron chi connectivity index (χ4n) is 4.44. The Bertz CT molecular complexity index is 1330. The molecule has 1 aliphatic rings. The van der Waals surface area contributed by atoms with Gasteiger partial charge in [0.25, 0.3) is 0 Å². The second-order valence-electron chi connectivity index (χ2n) is 8.93. The quantitative estimate of drug-likeness (QED) is 0.413. The van der Waals surface area contributed by atoms with Gasteiger partial charge in [-0.25, -0.2) is 14.6 Å². The molecule has 4 aromatic rings. The van der Waals surface area contributed by atoms with Crippen LogP contribution in [0, 0.1) is 19.8 Å². The van der Waals surface area contributed by atoms with Crippen LogP contribution in [0.5, 0.6) is 0 Å². The van der Waals surface area contributed by atoms with Crippen molar-refractivity contribution in [2.24, 2.45) is 5.92 Å². The molecule has 5 rings (SSSR count). The van der Waals surface area contributed by atoms with Crippen LogP contribution in [-0.2, 0) is 11.3 Å². The summed E-state index contributed by atoms with van der Waals surface area (Å²) in [6.45, 7) is 6.14. The van der Waals surface area contributed by atoms with Crippen molar-refractivity contribution in [2.45, 2.75) is 33.2 Å². The standard InChI is InChI=1S/C26H27BrN6O/c1-17-5-8-21(9-6-17)33-15-22-24(31-33)29-16-30-25(22)32-11-3-4-20(14-32)26(34)28-13-19-7-10-23(27)18(2)12-19/h5-10,12,15-16,20H,3-4,11,13-14H2,1-2H3,(H,28,34). The maximum Gasteiger partial charge on any atom is 0.225 e. The number of fused-ring (bicyclic) bond motifs is 1. The molecule has 1 atom stereocenters. The summed E-state index contributed by atoms with van der Waals surface area (Å²) in [5.74, 6) is 0.845. The summed E-state index contributed by atoms with van der Waals surface area (Å²) in [6, 6.07) is 14.4.